The third kappa shape index (κ3) is 1.94. The molecular weight excluding hydrogens is 244 g/mol. The zero-order chi connectivity index (χ0) is 11.7. The molecule has 0 amide bonds. The van der Waals surface area contributed by atoms with Crippen LogP contribution in [0.4, 0.5) is 0 Å². The lowest BCUT2D eigenvalue weighted by molar-refractivity contribution is 0.816. The van der Waals surface area contributed by atoms with Crippen LogP contribution in [0.15, 0.2) is 35.1 Å². The number of halogens is 1. The average Bonchev–Trinajstić information content (AvgIpc) is 2.24. The summed E-state index contributed by atoms with van der Waals surface area (Å²) in [6.07, 6.45) is 0. The molecule has 0 spiro atoms. The largest absolute Gasteiger partial charge is 0.326 e. The topological polar surface area (TPSA) is 37.8 Å². The number of benzene rings is 1. The SMILES string of the molecule is Cn1c(-c2ccccc2Cl)cc(=S)[nH]c1=O. The molecule has 0 radical (unpaired) electrons. The van der Waals surface area contributed by atoms with E-state index in [0.29, 0.717) is 15.4 Å². The lowest BCUT2D eigenvalue weighted by Gasteiger charge is -2.08. The summed E-state index contributed by atoms with van der Waals surface area (Å²) in [5.41, 5.74) is 1.26. The number of hydrogen-bond donors (Lipinski definition) is 1. The fourth-order valence-corrected chi connectivity index (χ4v) is 1.91. The van der Waals surface area contributed by atoms with E-state index in [-0.39, 0.29) is 5.69 Å². The Morgan fingerprint density at radius 2 is 2.06 bits per heavy atom. The minimum atomic E-state index is -0.248. The van der Waals surface area contributed by atoms with Crippen molar-refractivity contribution in [3.63, 3.8) is 0 Å². The number of aromatic amines is 1. The van der Waals surface area contributed by atoms with Crippen LogP contribution >= 0.6 is 23.8 Å². The zero-order valence-corrected chi connectivity index (χ0v) is 10.1. The molecule has 0 atom stereocenters. The number of nitrogens with one attached hydrogen (secondary N) is 1. The van der Waals surface area contributed by atoms with Crippen molar-refractivity contribution < 1.29 is 0 Å². The highest BCUT2D eigenvalue weighted by Gasteiger charge is 2.06. The van der Waals surface area contributed by atoms with Gasteiger partial charge in [-0.15, -0.1) is 0 Å². The second kappa shape index (κ2) is 4.23. The minimum absolute atomic E-state index is 0.248. The van der Waals surface area contributed by atoms with E-state index in [9.17, 15) is 4.79 Å². The molecule has 5 heteroatoms. The molecule has 0 unspecified atom stereocenters. The van der Waals surface area contributed by atoms with Gasteiger partial charge in [0.05, 0.1) is 5.69 Å². The second-order valence-corrected chi connectivity index (χ2v) is 4.21. The van der Waals surface area contributed by atoms with Gasteiger partial charge >= 0.3 is 5.69 Å². The van der Waals surface area contributed by atoms with Gasteiger partial charge in [-0.3, -0.25) is 9.55 Å². The molecule has 1 N–H and O–H groups in total. The molecule has 82 valence electrons. The van der Waals surface area contributed by atoms with Crippen LogP contribution in [-0.4, -0.2) is 9.55 Å². The summed E-state index contributed by atoms with van der Waals surface area (Å²) in [5, 5.41) is 0.595. The van der Waals surface area contributed by atoms with E-state index < -0.39 is 0 Å². The van der Waals surface area contributed by atoms with Crippen LogP contribution in [0.2, 0.25) is 5.02 Å². The number of hydrogen-bond acceptors (Lipinski definition) is 2. The van der Waals surface area contributed by atoms with Crippen LogP contribution in [-0.2, 0) is 7.05 Å². The normalized spacial score (nSPS) is 10.4. The molecule has 0 aliphatic rings. The van der Waals surface area contributed by atoms with E-state index in [4.69, 9.17) is 23.8 Å². The smallest absolute Gasteiger partial charge is 0.298 e. The Morgan fingerprint density at radius 3 is 2.75 bits per heavy atom. The fraction of sp³-hybridized carbons (Fsp3) is 0.0909. The fourth-order valence-electron chi connectivity index (χ4n) is 1.48. The van der Waals surface area contributed by atoms with Gasteiger partial charge in [-0.25, -0.2) is 4.79 Å². The Balaban J connectivity index is 2.80. The van der Waals surface area contributed by atoms with Crippen LogP contribution in [0.5, 0.6) is 0 Å². The third-order valence-electron chi connectivity index (χ3n) is 2.31. The highest BCUT2D eigenvalue weighted by atomic mass is 35.5. The lowest BCUT2D eigenvalue weighted by Crippen LogP contribution is -2.21. The van der Waals surface area contributed by atoms with E-state index in [1.165, 1.54) is 4.57 Å². The second-order valence-electron chi connectivity index (χ2n) is 3.36. The Hall–Kier alpha value is -1.39. The molecule has 3 nitrogen and oxygen atoms in total. The first-order valence-electron chi connectivity index (χ1n) is 4.65. The molecule has 16 heavy (non-hydrogen) atoms. The van der Waals surface area contributed by atoms with Crippen molar-refractivity contribution >= 4 is 23.8 Å². The summed E-state index contributed by atoms with van der Waals surface area (Å²) >= 11 is 11.1. The van der Waals surface area contributed by atoms with E-state index in [0.717, 1.165) is 5.56 Å². The van der Waals surface area contributed by atoms with Crippen molar-refractivity contribution in [2.75, 3.05) is 0 Å². The number of nitrogens with zero attached hydrogens (tertiary/aromatic N) is 1. The van der Waals surface area contributed by atoms with Crippen LogP contribution in [0.3, 0.4) is 0 Å². The van der Waals surface area contributed by atoms with Gasteiger partial charge < -0.3 is 0 Å². The summed E-state index contributed by atoms with van der Waals surface area (Å²) in [5.74, 6) is 0. The summed E-state index contributed by atoms with van der Waals surface area (Å²) in [6, 6.07) is 9.06. The summed E-state index contributed by atoms with van der Waals surface area (Å²) in [7, 11) is 1.67. The van der Waals surface area contributed by atoms with Gasteiger partial charge in [-0.1, -0.05) is 42.0 Å². The van der Waals surface area contributed by atoms with Crippen LogP contribution < -0.4 is 5.69 Å². The third-order valence-corrected chi connectivity index (χ3v) is 2.86. The Labute approximate surface area is 102 Å². The van der Waals surface area contributed by atoms with Gasteiger partial charge in [0.25, 0.3) is 0 Å². The highest BCUT2D eigenvalue weighted by Crippen LogP contribution is 2.25. The van der Waals surface area contributed by atoms with Gasteiger partial charge in [-0.05, 0) is 12.1 Å². The monoisotopic (exact) mass is 252 g/mol. The van der Waals surface area contributed by atoms with E-state index in [2.05, 4.69) is 4.98 Å². The maximum atomic E-state index is 11.5. The van der Waals surface area contributed by atoms with Gasteiger partial charge in [-0.2, -0.15) is 0 Å². The Kier molecular flexibility index (Phi) is 2.94. The molecule has 0 aliphatic heterocycles. The molecule has 0 fully saturated rings. The molecule has 2 aromatic rings. The highest BCUT2D eigenvalue weighted by molar-refractivity contribution is 7.71. The van der Waals surface area contributed by atoms with Gasteiger partial charge in [0.15, 0.2) is 0 Å². The predicted octanol–water partition coefficient (Wildman–Crippen LogP) is 2.76. The quantitative estimate of drug-likeness (QED) is 0.793. The maximum Gasteiger partial charge on any atom is 0.326 e. The number of H-pyrrole nitrogens is 1. The maximum absolute atomic E-state index is 11.5. The molecule has 0 bridgehead atoms. The molecule has 1 aromatic heterocycles. The number of rotatable bonds is 1. The summed E-state index contributed by atoms with van der Waals surface area (Å²) < 4.78 is 1.88. The molecule has 0 saturated carbocycles. The van der Waals surface area contributed by atoms with E-state index >= 15 is 0 Å². The summed E-state index contributed by atoms with van der Waals surface area (Å²) in [4.78, 5) is 14.1. The molecular formula is C11H9ClN2OS. The first-order chi connectivity index (χ1) is 7.59. The van der Waals surface area contributed by atoms with E-state index in [1.54, 1.807) is 19.2 Å². The molecule has 0 aliphatic carbocycles. The minimum Gasteiger partial charge on any atom is -0.298 e. The Bertz CT molecular complexity index is 645. The van der Waals surface area contributed by atoms with Crippen LogP contribution in [0.25, 0.3) is 11.3 Å². The number of aromatic nitrogens is 2. The standard InChI is InChI=1S/C11H9ClN2OS/c1-14-9(6-10(16)13-11(14)15)7-4-2-3-5-8(7)12/h2-6H,1H3,(H,13,15,16). The van der Waals surface area contributed by atoms with Crippen molar-refractivity contribution in [2.45, 2.75) is 0 Å². The van der Waals surface area contributed by atoms with Gasteiger partial charge in [0.1, 0.15) is 4.64 Å². The molecule has 2 rings (SSSR count). The summed E-state index contributed by atoms with van der Waals surface area (Å²) in [6.45, 7) is 0. The van der Waals surface area contributed by atoms with Gasteiger partial charge in [0, 0.05) is 17.6 Å². The van der Waals surface area contributed by atoms with Crippen molar-refractivity contribution in [2.24, 2.45) is 7.05 Å². The molecule has 1 aromatic carbocycles. The predicted molar refractivity (Wildman–Crippen MR) is 67.3 cm³/mol. The van der Waals surface area contributed by atoms with Crippen LogP contribution in [0, 0.1) is 4.64 Å². The first kappa shape index (κ1) is 11.1. The lowest BCUT2D eigenvalue weighted by atomic mass is 10.1. The molecule has 0 saturated heterocycles. The van der Waals surface area contributed by atoms with E-state index in [1.807, 2.05) is 18.2 Å². The first-order valence-corrected chi connectivity index (χ1v) is 5.43. The van der Waals surface area contributed by atoms with Crippen molar-refractivity contribution in [1.29, 1.82) is 0 Å². The average molecular weight is 253 g/mol. The van der Waals surface area contributed by atoms with Gasteiger partial charge in [0.2, 0.25) is 0 Å². The van der Waals surface area contributed by atoms with Crippen molar-refractivity contribution in [1.82, 2.24) is 9.55 Å². The zero-order valence-electron chi connectivity index (χ0n) is 8.53. The van der Waals surface area contributed by atoms with Crippen LogP contribution in [0.1, 0.15) is 0 Å². The van der Waals surface area contributed by atoms with Crippen molar-refractivity contribution in [3.8, 4) is 11.3 Å². The van der Waals surface area contributed by atoms with Crippen molar-refractivity contribution in [3.05, 3.63) is 50.5 Å². The molecule has 1 heterocycles. The Morgan fingerprint density at radius 1 is 1.38 bits per heavy atom.